The first-order valence-electron chi connectivity index (χ1n) is 7.41. The van der Waals surface area contributed by atoms with Crippen LogP contribution >= 0.6 is 15.9 Å². The summed E-state index contributed by atoms with van der Waals surface area (Å²) < 4.78 is 12.3. The Morgan fingerprint density at radius 3 is 2.57 bits per heavy atom. The Kier molecular flexibility index (Phi) is 5.65. The zero-order chi connectivity index (χ0) is 17.0. The molecule has 0 aliphatic carbocycles. The molecule has 3 amide bonds. The number of carbonyl (C=O) groups is 2. The summed E-state index contributed by atoms with van der Waals surface area (Å²) in [6, 6.07) is 3.06. The van der Waals surface area contributed by atoms with Gasteiger partial charge in [0.1, 0.15) is 5.70 Å². The van der Waals surface area contributed by atoms with E-state index >= 15 is 0 Å². The molecule has 124 valence electrons. The summed E-state index contributed by atoms with van der Waals surface area (Å²) in [4.78, 5) is 22.8. The Bertz CT molecular complexity index is 658. The summed E-state index contributed by atoms with van der Waals surface area (Å²) in [7, 11) is 0. The molecule has 0 radical (unpaired) electrons. The molecule has 0 spiro atoms. The first kappa shape index (κ1) is 17.3. The predicted octanol–water partition coefficient (Wildman–Crippen LogP) is 3.21. The van der Waals surface area contributed by atoms with Gasteiger partial charge >= 0.3 is 6.03 Å². The zero-order valence-corrected chi connectivity index (χ0v) is 14.8. The zero-order valence-electron chi connectivity index (χ0n) is 13.2. The number of imide groups is 1. The van der Waals surface area contributed by atoms with Gasteiger partial charge in [-0.05, 0) is 60.0 Å². The molecule has 2 rings (SSSR count). The first-order valence-corrected chi connectivity index (χ1v) is 8.20. The molecule has 2 N–H and O–H groups in total. The quantitative estimate of drug-likeness (QED) is 0.584. The number of carbonyl (C=O) groups excluding carboxylic acids is 2. The van der Waals surface area contributed by atoms with Gasteiger partial charge in [-0.25, -0.2) is 4.79 Å². The highest BCUT2D eigenvalue weighted by Crippen LogP contribution is 2.38. The third-order valence-corrected chi connectivity index (χ3v) is 3.85. The van der Waals surface area contributed by atoms with Gasteiger partial charge in [-0.3, -0.25) is 10.1 Å². The van der Waals surface area contributed by atoms with Crippen LogP contribution in [0.25, 0.3) is 6.08 Å². The standard InChI is InChI=1S/C16H19BrN2O4/c1-4-9(3)23-14-11(17)6-10(8-13(14)22-5-2)7-12-15(20)19-16(21)18-12/h6-9H,4-5H2,1-3H3,(H2,18,19,20,21)/b12-7+/t9-/m0/s1. The van der Waals surface area contributed by atoms with Crippen LogP contribution in [-0.2, 0) is 4.79 Å². The van der Waals surface area contributed by atoms with Crippen LogP contribution in [0.3, 0.4) is 0 Å². The minimum Gasteiger partial charge on any atom is -0.490 e. The lowest BCUT2D eigenvalue weighted by atomic mass is 10.1. The van der Waals surface area contributed by atoms with Crippen LogP contribution < -0.4 is 20.1 Å². The van der Waals surface area contributed by atoms with E-state index in [1.807, 2.05) is 26.8 Å². The van der Waals surface area contributed by atoms with Gasteiger partial charge in [-0.15, -0.1) is 0 Å². The fraction of sp³-hybridized carbons (Fsp3) is 0.375. The smallest absolute Gasteiger partial charge is 0.326 e. The maximum atomic E-state index is 11.6. The van der Waals surface area contributed by atoms with Gasteiger partial charge < -0.3 is 14.8 Å². The van der Waals surface area contributed by atoms with Gasteiger partial charge in [0.25, 0.3) is 5.91 Å². The summed E-state index contributed by atoms with van der Waals surface area (Å²) >= 11 is 3.48. The maximum Gasteiger partial charge on any atom is 0.326 e. The molecule has 6 nitrogen and oxygen atoms in total. The monoisotopic (exact) mass is 382 g/mol. The molecule has 23 heavy (non-hydrogen) atoms. The average Bonchev–Trinajstić information content (AvgIpc) is 2.80. The first-order chi connectivity index (χ1) is 10.9. The Balaban J connectivity index is 2.37. The van der Waals surface area contributed by atoms with Gasteiger partial charge in [-0.2, -0.15) is 0 Å². The number of hydrogen-bond donors (Lipinski definition) is 2. The van der Waals surface area contributed by atoms with Gasteiger partial charge in [0.05, 0.1) is 17.2 Å². The maximum absolute atomic E-state index is 11.6. The van der Waals surface area contributed by atoms with Crippen molar-refractivity contribution in [2.24, 2.45) is 0 Å². The molecule has 0 unspecified atom stereocenters. The predicted molar refractivity (Wildman–Crippen MR) is 90.3 cm³/mol. The van der Waals surface area contributed by atoms with E-state index in [4.69, 9.17) is 9.47 Å². The molecule has 1 aliphatic rings. The molecule has 0 aromatic heterocycles. The van der Waals surface area contributed by atoms with Crippen LogP contribution in [0, 0.1) is 0 Å². The van der Waals surface area contributed by atoms with E-state index < -0.39 is 11.9 Å². The summed E-state index contributed by atoms with van der Waals surface area (Å²) in [5, 5.41) is 4.61. The van der Waals surface area contributed by atoms with E-state index in [0.29, 0.717) is 23.7 Å². The lowest BCUT2D eigenvalue weighted by molar-refractivity contribution is -0.115. The number of hydrogen-bond acceptors (Lipinski definition) is 4. The average molecular weight is 383 g/mol. The molecule has 1 fully saturated rings. The second kappa shape index (κ2) is 7.50. The van der Waals surface area contributed by atoms with Crippen molar-refractivity contribution < 1.29 is 19.1 Å². The van der Waals surface area contributed by atoms with E-state index in [1.165, 1.54) is 0 Å². The molecular formula is C16H19BrN2O4. The van der Waals surface area contributed by atoms with E-state index in [1.54, 1.807) is 12.1 Å². The van der Waals surface area contributed by atoms with Crippen molar-refractivity contribution in [1.82, 2.24) is 10.6 Å². The van der Waals surface area contributed by atoms with Crippen LogP contribution in [0.5, 0.6) is 11.5 Å². The van der Waals surface area contributed by atoms with E-state index in [9.17, 15) is 9.59 Å². The number of amides is 3. The topological polar surface area (TPSA) is 76.7 Å². The number of rotatable bonds is 6. The third-order valence-electron chi connectivity index (χ3n) is 3.26. The van der Waals surface area contributed by atoms with Crippen molar-refractivity contribution in [3.8, 4) is 11.5 Å². The minimum absolute atomic E-state index is 0.0506. The van der Waals surface area contributed by atoms with Crippen LogP contribution in [0.4, 0.5) is 4.79 Å². The SMILES string of the molecule is CCOc1cc(/C=C2/NC(=O)NC2=O)cc(Br)c1O[C@@H](C)CC. The van der Waals surface area contributed by atoms with E-state index in [2.05, 4.69) is 26.6 Å². The Labute approximate surface area is 143 Å². The lowest BCUT2D eigenvalue weighted by Crippen LogP contribution is -2.22. The largest absolute Gasteiger partial charge is 0.490 e. The lowest BCUT2D eigenvalue weighted by Gasteiger charge is -2.18. The highest BCUT2D eigenvalue weighted by molar-refractivity contribution is 9.10. The van der Waals surface area contributed by atoms with Gasteiger partial charge in [-0.1, -0.05) is 6.92 Å². The number of nitrogens with one attached hydrogen (secondary N) is 2. The molecule has 1 saturated heterocycles. The van der Waals surface area contributed by atoms with Crippen LogP contribution in [0.1, 0.15) is 32.8 Å². The van der Waals surface area contributed by atoms with Gasteiger partial charge in [0.2, 0.25) is 0 Å². The molecule has 0 saturated carbocycles. The van der Waals surface area contributed by atoms with Crippen molar-refractivity contribution in [3.63, 3.8) is 0 Å². The molecule has 1 aromatic carbocycles. The second-order valence-electron chi connectivity index (χ2n) is 5.07. The number of ether oxygens (including phenoxy) is 2. The fourth-order valence-corrected chi connectivity index (χ4v) is 2.54. The summed E-state index contributed by atoms with van der Waals surface area (Å²) in [5.74, 6) is 0.756. The Hall–Kier alpha value is -2.02. The summed E-state index contributed by atoms with van der Waals surface area (Å²) in [6.45, 7) is 6.40. The Morgan fingerprint density at radius 1 is 1.26 bits per heavy atom. The molecule has 0 bridgehead atoms. The van der Waals surface area contributed by atoms with Crippen LogP contribution in [0.15, 0.2) is 22.3 Å². The summed E-state index contributed by atoms with van der Waals surface area (Å²) in [6.07, 6.45) is 2.51. The molecule has 1 aliphatic heterocycles. The molecule has 1 aromatic rings. The van der Waals surface area contributed by atoms with Crippen LogP contribution in [-0.4, -0.2) is 24.6 Å². The van der Waals surface area contributed by atoms with Gasteiger partial charge in [0, 0.05) is 0 Å². The highest BCUT2D eigenvalue weighted by Gasteiger charge is 2.23. The van der Waals surface area contributed by atoms with Crippen molar-refractivity contribution in [2.75, 3.05) is 6.61 Å². The molecule has 1 atom stereocenters. The minimum atomic E-state index is -0.526. The highest BCUT2D eigenvalue weighted by atomic mass is 79.9. The molecule has 1 heterocycles. The van der Waals surface area contributed by atoms with Crippen molar-refractivity contribution in [1.29, 1.82) is 0 Å². The molecular weight excluding hydrogens is 364 g/mol. The third kappa shape index (κ3) is 4.25. The van der Waals surface area contributed by atoms with Crippen molar-refractivity contribution >= 4 is 33.9 Å². The van der Waals surface area contributed by atoms with Crippen molar-refractivity contribution in [3.05, 3.63) is 27.9 Å². The van der Waals surface area contributed by atoms with Gasteiger partial charge in [0.15, 0.2) is 11.5 Å². The normalized spacial score (nSPS) is 17.0. The number of urea groups is 1. The Morgan fingerprint density at radius 2 is 2.00 bits per heavy atom. The van der Waals surface area contributed by atoms with E-state index in [0.717, 1.165) is 10.9 Å². The summed E-state index contributed by atoms with van der Waals surface area (Å²) in [5.41, 5.74) is 0.907. The van der Waals surface area contributed by atoms with Crippen molar-refractivity contribution in [2.45, 2.75) is 33.3 Å². The van der Waals surface area contributed by atoms with Crippen LogP contribution in [0.2, 0.25) is 0 Å². The van der Waals surface area contributed by atoms with E-state index in [-0.39, 0.29) is 11.8 Å². The second-order valence-corrected chi connectivity index (χ2v) is 5.92. The number of halogens is 1. The molecule has 7 heteroatoms. The fourth-order valence-electron chi connectivity index (χ4n) is 1.98. The number of benzene rings is 1.